The van der Waals surface area contributed by atoms with E-state index in [1.54, 1.807) is 0 Å². The van der Waals surface area contributed by atoms with Crippen LogP contribution >= 0.6 is 0 Å². The SMILES string of the molecule is C=C(C)C(=O)OCC(O)COC(=O)CCN(CCCCCCN(CCC(=O)OCC(O)COC(=O)C(=C)C)CCC(=O)OCC(O)COC(=O)C(=C)C)CCC(=O)OCC(O)COC(=O)C(=C)C. The maximum Gasteiger partial charge on any atom is 0.333 e. The third kappa shape index (κ3) is 33.9. The minimum Gasteiger partial charge on any atom is -0.463 e. The number of carbonyl (C=O) groups is 8. The van der Waals surface area contributed by atoms with Crippen molar-refractivity contribution in [2.24, 2.45) is 0 Å². The Kier molecular flexibility index (Phi) is 33.5. The maximum atomic E-state index is 12.5. The van der Waals surface area contributed by atoms with E-state index in [2.05, 4.69) is 26.3 Å². The normalized spacial score (nSPS) is 12.7. The summed E-state index contributed by atoms with van der Waals surface area (Å²) in [6.07, 6.45) is -2.86. The van der Waals surface area contributed by atoms with Gasteiger partial charge in [0.1, 0.15) is 77.3 Å². The highest BCUT2D eigenvalue weighted by atomic mass is 16.6. The summed E-state index contributed by atoms with van der Waals surface area (Å²) >= 11 is 0. The molecule has 386 valence electrons. The first-order valence-electron chi connectivity index (χ1n) is 22.1. The Bertz CT molecular complexity index is 1450. The number of hydrogen-bond acceptors (Lipinski definition) is 22. The van der Waals surface area contributed by atoms with Gasteiger partial charge in [-0.1, -0.05) is 39.2 Å². The van der Waals surface area contributed by atoms with Crippen molar-refractivity contribution in [1.82, 2.24) is 9.80 Å². The van der Waals surface area contributed by atoms with Crippen LogP contribution in [0, 0.1) is 0 Å². The molecule has 22 heteroatoms. The molecule has 0 bridgehead atoms. The van der Waals surface area contributed by atoms with Crippen molar-refractivity contribution in [2.75, 3.05) is 92.1 Å². The third-order valence-corrected chi connectivity index (χ3v) is 9.00. The zero-order chi connectivity index (χ0) is 51.6. The Balaban J connectivity index is 5.37. The first-order chi connectivity index (χ1) is 32.0. The van der Waals surface area contributed by atoms with Gasteiger partial charge in [-0.25, -0.2) is 19.2 Å². The van der Waals surface area contributed by atoms with E-state index >= 15 is 0 Å². The van der Waals surface area contributed by atoms with Gasteiger partial charge in [0.15, 0.2) is 0 Å². The zero-order valence-electron chi connectivity index (χ0n) is 39.9. The molecule has 68 heavy (non-hydrogen) atoms. The molecule has 0 aliphatic heterocycles. The van der Waals surface area contributed by atoms with Crippen molar-refractivity contribution >= 4 is 47.8 Å². The average molecular weight is 973 g/mol. The molecule has 0 fully saturated rings. The van der Waals surface area contributed by atoms with Crippen LogP contribution in [0.5, 0.6) is 0 Å². The molecule has 0 rings (SSSR count). The first-order valence-corrected chi connectivity index (χ1v) is 22.1. The van der Waals surface area contributed by atoms with Crippen molar-refractivity contribution in [3.05, 3.63) is 48.6 Å². The van der Waals surface area contributed by atoms with E-state index < -0.39 is 125 Å². The van der Waals surface area contributed by atoms with Gasteiger partial charge in [0.25, 0.3) is 0 Å². The average Bonchev–Trinajstić information content (AvgIpc) is 3.29. The molecule has 0 aliphatic carbocycles. The molecule has 22 nitrogen and oxygen atoms in total. The lowest BCUT2D eigenvalue weighted by atomic mass is 10.1. The summed E-state index contributed by atoms with van der Waals surface area (Å²) < 4.78 is 39.9. The number of ether oxygens (including phenoxy) is 8. The highest BCUT2D eigenvalue weighted by molar-refractivity contribution is 5.88. The summed E-state index contributed by atoms with van der Waals surface area (Å²) in [7, 11) is 0. The van der Waals surface area contributed by atoms with Gasteiger partial charge in [0, 0.05) is 48.5 Å². The molecule has 4 N–H and O–H groups in total. The van der Waals surface area contributed by atoms with Gasteiger partial charge in [-0.15, -0.1) is 0 Å². The van der Waals surface area contributed by atoms with Gasteiger partial charge in [0.2, 0.25) is 0 Å². The first kappa shape index (κ1) is 62.5. The van der Waals surface area contributed by atoms with Gasteiger partial charge in [-0.3, -0.25) is 19.2 Å². The Morgan fingerprint density at radius 1 is 0.338 bits per heavy atom. The molecule has 0 saturated heterocycles. The molecule has 4 atom stereocenters. The highest BCUT2D eigenvalue weighted by Crippen LogP contribution is 2.09. The number of carbonyl (C=O) groups excluding carboxylic acids is 8. The number of nitrogens with zero attached hydrogens (tertiary/aromatic N) is 2. The smallest absolute Gasteiger partial charge is 0.333 e. The van der Waals surface area contributed by atoms with Gasteiger partial charge in [-0.05, 0) is 53.6 Å². The molecule has 0 aromatic rings. The molecule has 0 spiro atoms. The summed E-state index contributed by atoms with van der Waals surface area (Å²) in [5.41, 5.74) is 0.558. The molecule has 0 radical (unpaired) electrons. The number of rotatable bonds is 39. The molecule has 0 amide bonds. The van der Waals surface area contributed by atoms with Gasteiger partial charge >= 0.3 is 47.8 Å². The molecule has 0 heterocycles. The Hall–Kier alpha value is -5.52. The number of hydrogen-bond donors (Lipinski definition) is 4. The topological polar surface area (TPSA) is 298 Å². The van der Waals surface area contributed by atoms with Crippen LogP contribution in [0.25, 0.3) is 0 Å². The van der Waals surface area contributed by atoms with E-state index in [9.17, 15) is 58.8 Å². The summed E-state index contributed by atoms with van der Waals surface area (Å²) in [4.78, 5) is 100. The number of aliphatic hydroxyl groups excluding tert-OH is 4. The van der Waals surface area contributed by atoms with Crippen LogP contribution in [0.1, 0.15) is 79.1 Å². The molecule has 4 unspecified atom stereocenters. The standard InChI is InChI=1S/C46H72N2O20/c1-31(2)43(57)65-27-35(49)23-61-39(53)13-19-47(20-14-40(54)62-24-36(50)28-66-44(58)32(3)4)17-11-9-10-12-18-48(21-15-41(55)63-25-37(51)29-67-45(59)33(5)6)22-16-42(56)64-26-38(52)30-68-46(60)34(7)8/h35-38,49-52H,1,3,5,7,9-30H2,2,4,6,8H3. The van der Waals surface area contributed by atoms with Crippen LogP contribution in [0.15, 0.2) is 48.6 Å². The maximum absolute atomic E-state index is 12.5. The van der Waals surface area contributed by atoms with E-state index in [1.165, 1.54) is 27.7 Å². The second-order valence-electron chi connectivity index (χ2n) is 16.0. The molecular formula is C46H72N2O20. The minimum absolute atomic E-state index is 0.108. The Morgan fingerprint density at radius 2 is 0.529 bits per heavy atom. The van der Waals surface area contributed by atoms with Crippen molar-refractivity contribution < 1.29 is 96.7 Å². The van der Waals surface area contributed by atoms with Crippen LogP contribution in [0.2, 0.25) is 0 Å². The molecule has 0 aromatic carbocycles. The Labute approximate surface area is 397 Å². The summed E-state index contributed by atoms with van der Waals surface area (Å²) in [5.74, 6) is -5.41. The van der Waals surface area contributed by atoms with Crippen molar-refractivity contribution in [3.8, 4) is 0 Å². The molecule has 0 aromatic heterocycles. The van der Waals surface area contributed by atoms with Gasteiger partial charge in [-0.2, -0.15) is 0 Å². The van der Waals surface area contributed by atoms with Crippen molar-refractivity contribution in [2.45, 2.75) is 103 Å². The highest BCUT2D eigenvalue weighted by Gasteiger charge is 2.19. The predicted molar refractivity (Wildman–Crippen MR) is 241 cm³/mol. The summed E-state index contributed by atoms with van der Waals surface area (Å²) in [5, 5.41) is 40.2. The van der Waals surface area contributed by atoms with Crippen LogP contribution < -0.4 is 0 Å². The lowest BCUT2D eigenvalue weighted by Crippen LogP contribution is -2.32. The van der Waals surface area contributed by atoms with E-state index in [0.29, 0.717) is 38.8 Å². The van der Waals surface area contributed by atoms with E-state index in [-0.39, 0.29) is 74.2 Å². The van der Waals surface area contributed by atoms with Crippen molar-refractivity contribution in [3.63, 3.8) is 0 Å². The van der Waals surface area contributed by atoms with Crippen LogP contribution in [-0.4, -0.2) is 195 Å². The fourth-order valence-corrected chi connectivity index (χ4v) is 5.11. The fourth-order valence-electron chi connectivity index (χ4n) is 5.11. The quantitative estimate of drug-likeness (QED) is 0.0287. The lowest BCUT2D eigenvalue weighted by Gasteiger charge is -2.23. The number of aliphatic hydroxyl groups is 4. The summed E-state index contributed by atoms with van der Waals surface area (Å²) in [6, 6.07) is 0. The third-order valence-electron chi connectivity index (χ3n) is 9.00. The largest absolute Gasteiger partial charge is 0.463 e. The second kappa shape index (κ2) is 36.5. The molecule has 0 aliphatic rings. The van der Waals surface area contributed by atoms with Crippen LogP contribution in [0.3, 0.4) is 0 Å². The van der Waals surface area contributed by atoms with Gasteiger partial charge in [0.05, 0.1) is 25.7 Å². The van der Waals surface area contributed by atoms with E-state index in [4.69, 9.17) is 37.9 Å². The fraction of sp³-hybridized carbons (Fsp3) is 0.652. The van der Waals surface area contributed by atoms with Crippen LogP contribution in [0.4, 0.5) is 0 Å². The lowest BCUT2D eigenvalue weighted by molar-refractivity contribution is -0.152. The molecular weight excluding hydrogens is 900 g/mol. The summed E-state index contributed by atoms with van der Waals surface area (Å²) in [6.45, 7) is 17.8. The zero-order valence-corrected chi connectivity index (χ0v) is 39.9. The monoisotopic (exact) mass is 972 g/mol. The predicted octanol–water partition coefficient (Wildman–Crippen LogP) is 0.805. The minimum atomic E-state index is -1.26. The van der Waals surface area contributed by atoms with Crippen LogP contribution in [-0.2, 0) is 76.3 Å². The van der Waals surface area contributed by atoms with Crippen molar-refractivity contribution in [1.29, 1.82) is 0 Å². The number of esters is 8. The van der Waals surface area contributed by atoms with E-state index in [0.717, 1.165) is 0 Å². The number of unbranched alkanes of at least 4 members (excludes halogenated alkanes) is 3. The van der Waals surface area contributed by atoms with E-state index in [1.807, 2.05) is 9.80 Å². The Morgan fingerprint density at radius 3 is 0.721 bits per heavy atom. The second-order valence-corrected chi connectivity index (χ2v) is 16.0. The molecule has 0 saturated carbocycles. The van der Waals surface area contributed by atoms with Gasteiger partial charge < -0.3 is 68.1 Å².